The van der Waals surface area contributed by atoms with Crippen molar-refractivity contribution < 1.29 is 6.16 Å². The molecule has 0 unspecified atom stereocenters. The molecular formula is C19H36N4O. The van der Waals surface area contributed by atoms with E-state index in [1.807, 2.05) is 0 Å². The van der Waals surface area contributed by atoms with Crippen LogP contribution in [-0.4, -0.2) is 47.4 Å². The molecule has 5 nitrogen and oxygen atoms in total. The average molecular weight is 337 g/mol. The molecule has 1 saturated heterocycles. The summed E-state index contributed by atoms with van der Waals surface area (Å²) in [4.78, 5) is 2.29. The normalized spacial score (nSPS) is 29.7. The summed E-state index contributed by atoms with van der Waals surface area (Å²) in [5.74, 6) is 0.564. The van der Waals surface area contributed by atoms with Gasteiger partial charge in [-0.15, -0.1) is 0 Å². The first-order valence-electron chi connectivity index (χ1n) is 9.40. The maximum Gasteiger partial charge on any atom is 0.0700 e. The number of aromatic nitrogens is 2. The lowest BCUT2D eigenvalue weighted by molar-refractivity contribution is -0.0296. The molecule has 2 fully saturated rings. The first-order chi connectivity index (χ1) is 11.3. The molecule has 1 aliphatic carbocycles. The van der Waals surface area contributed by atoms with Crippen molar-refractivity contribution in [2.45, 2.75) is 70.9 Å². The monoisotopic (exact) mass is 336 g/mol. The summed E-state index contributed by atoms with van der Waals surface area (Å²) < 4.78 is 6.26. The number of ether oxygens (including phenoxy) is 1. The summed E-state index contributed by atoms with van der Waals surface area (Å²) in [6.07, 6.45) is 5.93. The lowest BCUT2D eigenvalue weighted by Gasteiger charge is -2.37. The molecule has 138 valence electrons. The fourth-order valence-electron chi connectivity index (χ4n) is 4.64. The van der Waals surface area contributed by atoms with Gasteiger partial charge in [0.1, 0.15) is 0 Å². The van der Waals surface area contributed by atoms with Crippen LogP contribution in [0.15, 0.2) is 0 Å². The van der Waals surface area contributed by atoms with Gasteiger partial charge in [0.15, 0.2) is 0 Å². The molecule has 24 heavy (non-hydrogen) atoms. The molecule has 0 atom stereocenters. The van der Waals surface area contributed by atoms with Gasteiger partial charge in [-0.05, 0) is 51.5 Å². The van der Waals surface area contributed by atoms with Crippen molar-refractivity contribution in [2.75, 3.05) is 26.7 Å². The lowest BCUT2D eigenvalue weighted by atomic mass is 9.72. The van der Waals surface area contributed by atoms with Gasteiger partial charge in [0.2, 0.25) is 0 Å². The number of likely N-dealkylation sites (N-methyl/N-ethyl adjacent to an activating group) is 1. The molecule has 0 amide bonds. The molecule has 0 aromatic carbocycles. The van der Waals surface area contributed by atoms with Crippen molar-refractivity contribution >= 4 is 0 Å². The Hall–Kier alpha value is -0.910. The first-order valence-corrected chi connectivity index (χ1v) is 9.40. The predicted molar refractivity (Wildman–Crippen MR) is 99.1 cm³/mol. The van der Waals surface area contributed by atoms with Crippen LogP contribution >= 0.6 is 0 Å². The van der Waals surface area contributed by atoms with E-state index in [0.717, 1.165) is 19.7 Å². The van der Waals surface area contributed by atoms with E-state index in [2.05, 4.69) is 42.9 Å². The molecule has 0 bridgehead atoms. The number of hydrogen-bond acceptors (Lipinski definition) is 4. The third kappa shape index (κ3) is 3.68. The van der Waals surface area contributed by atoms with E-state index in [0.29, 0.717) is 17.9 Å². The third-order valence-corrected chi connectivity index (χ3v) is 5.90. The molecule has 3 N–H and O–H groups in total. The zero-order chi connectivity index (χ0) is 17.4. The van der Waals surface area contributed by atoms with Crippen LogP contribution in [-0.2, 0) is 11.3 Å². The van der Waals surface area contributed by atoms with Gasteiger partial charge in [-0.1, -0.05) is 13.8 Å². The summed E-state index contributed by atoms with van der Waals surface area (Å²) in [7, 11) is 2.13. The van der Waals surface area contributed by atoms with Gasteiger partial charge in [0, 0.05) is 38.2 Å². The summed E-state index contributed by atoms with van der Waals surface area (Å²) in [6, 6.07) is 0. The Morgan fingerprint density at radius 3 is 2.67 bits per heavy atom. The molecule has 5 heteroatoms. The predicted octanol–water partition coefficient (Wildman–Crippen LogP) is 3.20. The highest BCUT2D eigenvalue weighted by atomic mass is 16.5. The van der Waals surface area contributed by atoms with E-state index in [1.165, 1.54) is 49.1 Å². The standard InChI is InChI=1S/C19H34N4O.H2/c1-14-16(11-23(4)10-9-20)17(22-21-14)15-5-7-19(8-6-15)12-18(2,3)13-24-19;/h15H,5-13,20H2,1-4H3,(H,21,22);1H. The van der Waals surface area contributed by atoms with Crippen molar-refractivity contribution in [3.8, 4) is 0 Å². The zero-order valence-electron chi connectivity index (χ0n) is 15.8. The average Bonchev–Trinajstić information content (AvgIpc) is 3.02. The highest BCUT2D eigenvalue weighted by molar-refractivity contribution is 5.28. The molecule has 1 spiro atoms. The summed E-state index contributed by atoms with van der Waals surface area (Å²) in [6.45, 7) is 10.2. The van der Waals surface area contributed by atoms with Crippen molar-refractivity contribution in [3.63, 3.8) is 0 Å². The highest BCUT2D eigenvalue weighted by Gasteiger charge is 2.46. The quantitative estimate of drug-likeness (QED) is 0.866. The van der Waals surface area contributed by atoms with Crippen LogP contribution in [0.1, 0.15) is 70.2 Å². The minimum atomic E-state index is 0. The molecule has 2 aliphatic rings. The van der Waals surface area contributed by atoms with Gasteiger partial charge in [-0.2, -0.15) is 5.10 Å². The van der Waals surface area contributed by atoms with Crippen LogP contribution in [0.3, 0.4) is 0 Å². The van der Waals surface area contributed by atoms with Crippen molar-refractivity contribution in [2.24, 2.45) is 11.1 Å². The van der Waals surface area contributed by atoms with Crippen molar-refractivity contribution in [3.05, 3.63) is 17.0 Å². The summed E-state index contributed by atoms with van der Waals surface area (Å²) >= 11 is 0. The zero-order valence-corrected chi connectivity index (χ0v) is 15.8. The van der Waals surface area contributed by atoms with Crippen molar-refractivity contribution in [1.29, 1.82) is 0 Å². The summed E-state index contributed by atoms with van der Waals surface area (Å²) in [5.41, 5.74) is 10.0. The number of nitrogens with one attached hydrogen (secondary N) is 1. The number of hydrogen-bond donors (Lipinski definition) is 2. The van der Waals surface area contributed by atoms with Gasteiger partial charge in [0.05, 0.1) is 17.9 Å². The van der Waals surface area contributed by atoms with Crippen LogP contribution in [0.25, 0.3) is 0 Å². The largest absolute Gasteiger partial charge is 0.374 e. The Bertz CT molecular complexity index is 564. The highest BCUT2D eigenvalue weighted by Crippen LogP contribution is 2.50. The number of H-pyrrole nitrogens is 1. The SMILES string of the molecule is Cc1[nH]nc(C2CCC3(CC2)CC(C)(C)CO3)c1CN(C)CCN.[HH]. The van der Waals surface area contributed by atoms with Crippen LogP contribution in [0.4, 0.5) is 0 Å². The Morgan fingerprint density at radius 2 is 2.08 bits per heavy atom. The van der Waals surface area contributed by atoms with E-state index in [9.17, 15) is 0 Å². The Morgan fingerprint density at radius 1 is 1.38 bits per heavy atom. The Balaban J connectivity index is 0.00000225. The van der Waals surface area contributed by atoms with Crippen LogP contribution < -0.4 is 5.73 Å². The third-order valence-electron chi connectivity index (χ3n) is 5.90. The minimum absolute atomic E-state index is 0. The van der Waals surface area contributed by atoms with Gasteiger partial charge < -0.3 is 15.4 Å². The number of rotatable bonds is 5. The molecule has 1 aromatic rings. The topological polar surface area (TPSA) is 67.2 Å². The maximum absolute atomic E-state index is 6.26. The molecule has 1 aromatic heterocycles. The number of nitrogens with zero attached hydrogens (tertiary/aromatic N) is 2. The molecule has 1 aliphatic heterocycles. The Kier molecular flexibility index (Phi) is 5.05. The number of aryl methyl sites for hydroxylation is 1. The Labute approximate surface area is 147 Å². The lowest BCUT2D eigenvalue weighted by Crippen LogP contribution is -2.34. The second kappa shape index (κ2) is 6.77. The minimum Gasteiger partial charge on any atom is -0.374 e. The molecule has 3 rings (SSSR count). The second-order valence-electron chi connectivity index (χ2n) is 8.83. The van der Waals surface area contributed by atoms with Crippen LogP contribution in [0, 0.1) is 12.3 Å². The van der Waals surface area contributed by atoms with E-state index in [1.54, 1.807) is 0 Å². The summed E-state index contributed by atoms with van der Waals surface area (Å²) in [5, 5.41) is 7.89. The van der Waals surface area contributed by atoms with E-state index in [-0.39, 0.29) is 7.03 Å². The fourth-order valence-corrected chi connectivity index (χ4v) is 4.64. The van der Waals surface area contributed by atoms with E-state index >= 15 is 0 Å². The maximum atomic E-state index is 6.26. The molecule has 2 heterocycles. The van der Waals surface area contributed by atoms with Gasteiger partial charge in [-0.25, -0.2) is 0 Å². The van der Waals surface area contributed by atoms with E-state index < -0.39 is 0 Å². The molecule has 0 radical (unpaired) electrons. The fraction of sp³-hybridized carbons (Fsp3) is 0.842. The van der Waals surface area contributed by atoms with Gasteiger partial charge in [-0.3, -0.25) is 5.10 Å². The van der Waals surface area contributed by atoms with Gasteiger partial charge >= 0.3 is 0 Å². The van der Waals surface area contributed by atoms with Crippen molar-refractivity contribution in [1.82, 2.24) is 15.1 Å². The first kappa shape index (κ1) is 17.9. The van der Waals surface area contributed by atoms with Crippen LogP contribution in [0.2, 0.25) is 0 Å². The number of nitrogens with two attached hydrogens (primary N) is 1. The van der Waals surface area contributed by atoms with Gasteiger partial charge in [0.25, 0.3) is 0 Å². The van der Waals surface area contributed by atoms with E-state index in [4.69, 9.17) is 10.5 Å². The number of aromatic amines is 1. The molecular weight excluding hydrogens is 300 g/mol. The van der Waals surface area contributed by atoms with Crippen LogP contribution in [0.5, 0.6) is 0 Å². The molecule has 1 saturated carbocycles. The second-order valence-corrected chi connectivity index (χ2v) is 8.83. The smallest absolute Gasteiger partial charge is 0.0700 e.